The third-order valence-corrected chi connectivity index (χ3v) is 3.53. The molecular formula is C14H23N3O2. The van der Waals surface area contributed by atoms with Crippen LogP contribution < -0.4 is 0 Å². The normalized spacial score (nSPS) is 20.3. The lowest BCUT2D eigenvalue weighted by molar-refractivity contribution is -0.137. The van der Waals surface area contributed by atoms with E-state index >= 15 is 0 Å². The van der Waals surface area contributed by atoms with Crippen molar-refractivity contribution in [1.29, 1.82) is 0 Å². The molecule has 0 aromatic carbocycles. The molecule has 0 aliphatic carbocycles. The van der Waals surface area contributed by atoms with Crippen molar-refractivity contribution in [3.05, 3.63) is 18.0 Å². The summed E-state index contributed by atoms with van der Waals surface area (Å²) >= 11 is 0. The van der Waals surface area contributed by atoms with Crippen LogP contribution in [0.5, 0.6) is 0 Å². The van der Waals surface area contributed by atoms with Gasteiger partial charge in [0.1, 0.15) is 0 Å². The second kappa shape index (κ2) is 6.19. The molecule has 1 aliphatic rings. The molecule has 0 radical (unpaired) electrons. The van der Waals surface area contributed by atoms with Crippen molar-refractivity contribution < 1.29 is 9.90 Å². The summed E-state index contributed by atoms with van der Waals surface area (Å²) in [6.07, 6.45) is 4.45. The smallest absolute Gasteiger partial charge is 0.304 e. The highest BCUT2D eigenvalue weighted by Gasteiger charge is 2.27. The third-order valence-electron chi connectivity index (χ3n) is 3.53. The summed E-state index contributed by atoms with van der Waals surface area (Å²) in [6, 6.07) is 2.37. The lowest BCUT2D eigenvalue weighted by Gasteiger charge is -2.22. The lowest BCUT2D eigenvalue weighted by Crippen LogP contribution is -2.26. The average molecular weight is 265 g/mol. The first-order valence-electron chi connectivity index (χ1n) is 7.05. The molecule has 5 nitrogen and oxygen atoms in total. The van der Waals surface area contributed by atoms with Crippen LogP contribution in [-0.2, 0) is 11.3 Å². The number of carbonyl (C=O) groups is 1. The van der Waals surface area contributed by atoms with E-state index in [-0.39, 0.29) is 6.42 Å². The summed E-state index contributed by atoms with van der Waals surface area (Å²) in [5.74, 6) is -0.143. The first-order chi connectivity index (χ1) is 9.06. The molecule has 1 fully saturated rings. The van der Waals surface area contributed by atoms with Crippen LogP contribution in [0.1, 0.15) is 44.8 Å². The van der Waals surface area contributed by atoms with Crippen LogP contribution in [-0.4, -0.2) is 38.8 Å². The predicted octanol–water partition coefficient (Wildman–Crippen LogP) is 2.15. The summed E-state index contributed by atoms with van der Waals surface area (Å²) in [5.41, 5.74) is 1.09. The molecule has 0 amide bonds. The Bertz CT molecular complexity index is 428. The highest BCUT2D eigenvalue weighted by Crippen LogP contribution is 2.30. The zero-order valence-corrected chi connectivity index (χ0v) is 11.7. The van der Waals surface area contributed by atoms with Crippen LogP contribution >= 0.6 is 0 Å². The maximum atomic E-state index is 10.7. The summed E-state index contributed by atoms with van der Waals surface area (Å²) < 4.78 is 1.99. The van der Waals surface area contributed by atoms with Gasteiger partial charge in [-0.1, -0.05) is 13.8 Å². The van der Waals surface area contributed by atoms with Crippen molar-refractivity contribution in [2.45, 2.75) is 45.7 Å². The minimum atomic E-state index is -0.726. The molecule has 1 N–H and O–H groups in total. The van der Waals surface area contributed by atoms with Crippen molar-refractivity contribution in [3.63, 3.8) is 0 Å². The van der Waals surface area contributed by atoms with E-state index in [9.17, 15) is 4.79 Å². The maximum Gasteiger partial charge on any atom is 0.304 e. The molecule has 0 bridgehead atoms. The summed E-state index contributed by atoms with van der Waals surface area (Å²) in [6.45, 7) is 6.89. The largest absolute Gasteiger partial charge is 0.481 e. The van der Waals surface area contributed by atoms with Crippen LogP contribution in [0.15, 0.2) is 12.3 Å². The Labute approximate surface area is 114 Å². The molecule has 1 unspecified atom stereocenters. The molecule has 0 spiro atoms. The fourth-order valence-electron chi connectivity index (χ4n) is 2.70. The molecule has 1 atom stereocenters. The summed E-state index contributed by atoms with van der Waals surface area (Å²) in [5, 5.41) is 13.4. The number of aromatic nitrogens is 2. The highest BCUT2D eigenvalue weighted by molar-refractivity contribution is 5.66. The Hall–Kier alpha value is -1.36. The first-order valence-corrected chi connectivity index (χ1v) is 7.05. The topological polar surface area (TPSA) is 58.4 Å². The van der Waals surface area contributed by atoms with Gasteiger partial charge < -0.3 is 5.11 Å². The van der Waals surface area contributed by atoms with E-state index in [2.05, 4.69) is 29.9 Å². The van der Waals surface area contributed by atoms with E-state index in [1.165, 1.54) is 0 Å². The third kappa shape index (κ3) is 3.80. The molecule has 0 saturated carbocycles. The Morgan fingerprint density at radius 1 is 1.58 bits per heavy atom. The van der Waals surface area contributed by atoms with E-state index in [0.29, 0.717) is 18.5 Å². The molecule has 1 aromatic heterocycles. The van der Waals surface area contributed by atoms with Gasteiger partial charge in [0.15, 0.2) is 0 Å². The number of carboxylic acids is 1. The van der Waals surface area contributed by atoms with Gasteiger partial charge >= 0.3 is 5.97 Å². The lowest BCUT2D eigenvalue weighted by atomic mass is 10.1. The molecule has 106 valence electrons. The summed E-state index contributed by atoms with van der Waals surface area (Å²) in [4.78, 5) is 12.9. The Balaban J connectivity index is 1.99. The standard InChI is InChI=1S/C14H23N3O2/c1-11(2)10-17-9-5-12(15-17)13-4-3-7-16(13)8-6-14(18)19/h5,9,11,13H,3-4,6-8,10H2,1-2H3,(H,18,19). The van der Waals surface area contributed by atoms with Gasteiger partial charge in [0.25, 0.3) is 0 Å². The number of aliphatic carboxylic acids is 1. The molecule has 1 aromatic rings. The van der Waals surface area contributed by atoms with E-state index < -0.39 is 5.97 Å². The molecule has 19 heavy (non-hydrogen) atoms. The van der Waals surface area contributed by atoms with Gasteiger partial charge in [-0.05, 0) is 31.4 Å². The van der Waals surface area contributed by atoms with Crippen molar-refractivity contribution in [1.82, 2.24) is 14.7 Å². The molecule has 2 heterocycles. The monoisotopic (exact) mass is 265 g/mol. The van der Waals surface area contributed by atoms with Crippen LogP contribution in [0.4, 0.5) is 0 Å². The van der Waals surface area contributed by atoms with E-state index in [0.717, 1.165) is 31.6 Å². The second-order valence-electron chi connectivity index (χ2n) is 5.69. The van der Waals surface area contributed by atoms with Gasteiger partial charge in [0, 0.05) is 19.3 Å². The summed E-state index contributed by atoms with van der Waals surface area (Å²) in [7, 11) is 0. The number of hydrogen-bond acceptors (Lipinski definition) is 3. The second-order valence-corrected chi connectivity index (χ2v) is 5.69. The van der Waals surface area contributed by atoms with Gasteiger partial charge in [-0.25, -0.2) is 0 Å². The quantitative estimate of drug-likeness (QED) is 0.856. The van der Waals surface area contributed by atoms with Crippen molar-refractivity contribution in [2.24, 2.45) is 5.92 Å². The number of likely N-dealkylation sites (tertiary alicyclic amines) is 1. The van der Waals surface area contributed by atoms with Crippen molar-refractivity contribution in [3.8, 4) is 0 Å². The first kappa shape index (κ1) is 14.1. The fourth-order valence-corrected chi connectivity index (χ4v) is 2.70. The highest BCUT2D eigenvalue weighted by atomic mass is 16.4. The maximum absolute atomic E-state index is 10.7. The molecule has 5 heteroatoms. The van der Waals surface area contributed by atoms with Crippen molar-refractivity contribution in [2.75, 3.05) is 13.1 Å². The van der Waals surface area contributed by atoms with Crippen LogP contribution in [0, 0.1) is 5.92 Å². The number of carboxylic acid groups (broad SMARTS) is 1. The molecule has 2 rings (SSSR count). The molecule has 1 saturated heterocycles. The van der Waals surface area contributed by atoms with Gasteiger partial charge in [-0.15, -0.1) is 0 Å². The zero-order valence-electron chi connectivity index (χ0n) is 11.7. The van der Waals surface area contributed by atoms with Gasteiger partial charge in [-0.3, -0.25) is 14.4 Å². The van der Waals surface area contributed by atoms with Crippen LogP contribution in [0.3, 0.4) is 0 Å². The van der Waals surface area contributed by atoms with E-state index in [4.69, 9.17) is 5.11 Å². The van der Waals surface area contributed by atoms with Gasteiger partial charge in [0.05, 0.1) is 18.2 Å². The minimum absolute atomic E-state index is 0.212. The zero-order chi connectivity index (χ0) is 13.8. The van der Waals surface area contributed by atoms with E-state index in [1.807, 2.05) is 10.9 Å². The Kier molecular flexibility index (Phi) is 4.58. The average Bonchev–Trinajstić information content (AvgIpc) is 2.93. The minimum Gasteiger partial charge on any atom is -0.481 e. The van der Waals surface area contributed by atoms with Gasteiger partial charge in [0.2, 0.25) is 0 Å². The Morgan fingerprint density at radius 2 is 2.37 bits per heavy atom. The molecular weight excluding hydrogens is 242 g/mol. The number of rotatable bonds is 6. The number of hydrogen-bond donors (Lipinski definition) is 1. The van der Waals surface area contributed by atoms with Crippen LogP contribution in [0.25, 0.3) is 0 Å². The van der Waals surface area contributed by atoms with Gasteiger partial charge in [-0.2, -0.15) is 5.10 Å². The van der Waals surface area contributed by atoms with E-state index in [1.54, 1.807) is 0 Å². The SMILES string of the molecule is CC(C)Cn1ccc(C2CCCN2CCC(=O)O)n1. The van der Waals surface area contributed by atoms with Crippen LogP contribution in [0.2, 0.25) is 0 Å². The van der Waals surface area contributed by atoms with Crippen molar-refractivity contribution >= 4 is 5.97 Å². The predicted molar refractivity (Wildman–Crippen MR) is 72.9 cm³/mol. The Morgan fingerprint density at radius 3 is 3.05 bits per heavy atom. The fraction of sp³-hybridized carbons (Fsp3) is 0.714. The number of nitrogens with zero attached hydrogens (tertiary/aromatic N) is 3. The molecule has 1 aliphatic heterocycles.